The molecule has 0 amide bonds. The maximum atomic E-state index is 13.7. The van der Waals surface area contributed by atoms with Crippen molar-refractivity contribution in [2.45, 2.75) is 26.7 Å². The number of hydrogen-bond donors (Lipinski definition) is 2. The number of rotatable bonds is 7. The highest BCUT2D eigenvalue weighted by Crippen LogP contribution is 2.14. The maximum Gasteiger partial charge on any atom is 0.171 e. The van der Waals surface area contributed by atoms with E-state index in [2.05, 4.69) is 10.6 Å². The lowest BCUT2D eigenvalue weighted by Crippen LogP contribution is -2.28. The first kappa shape index (κ1) is 20.0. The second-order valence-electron chi connectivity index (χ2n) is 6.52. The smallest absolute Gasteiger partial charge is 0.171 e. The molecule has 0 unspecified atom stereocenters. The van der Waals surface area contributed by atoms with Gasteiger partial charge in [-0.05, 0) is 53.5 Å². The van der Waals surface area contributed by atoms with E-state index in [0.717, 1.165) is 16.7 Å². The molecule has 3 aromatic rings. The summed E-state index contributed by atoms with van der Waals surface area (Å²) >= 11 is 5.33. The summed E-state index contributed by atoms with van der Waals surface area (Å²) in [6, 6.07) is 23.1. The molecule has 0 aliphatic carbocycles. The van der Waals surface area contributed by atoms with Crippen LogP contribution in [0.2, 0.25) is 0 Å². The Morgan fingerprint density at radius 2 is 1.64 bits per heavy atom. The van der Waals surface area contributed by atoms with Gasteiger partial charge in [-0.15, -0.1) is 0 Å². The molecule has 3 rings (SSSR count). The fourth-order valence-corrected chi connectivity index (χ4v) is 2.94. The summed E-state index contributed by atoms with van der Waals surface area (Å²) in [5.74, 6) is -0.256. The Balaban J connectivity index is 1.52. The molecule has 3 aromatic carbocycles. The Hall–Kier alpha value is -2.76. The van der Waals surface area contributed by atoms with Crippen LogP contribution in [0.25, 0.3) is 0 Å². The number of anilines is 1. The Bertz CT molecular complexity index is 931. The SMILES string of the molecule is Cc1ccc(NC(=S)NCc2ccccc2COCc2ccccc2)cc1F. The summed E-state index contributed by atoms with van der Waals surface area (Å²) < 4.78 is 19.5. The van der Waals surface area contributed by atoms with Crippen LogP contribution in [0.15, 0.2) is 72.8 Å². The molecule has 0 spiro atoms. The van der Waals surface area contributed by atoms with Crippen molar-refractivity contribution in [1.29, 1.82) is 0 Å². The average molecular weight is 395 g/mol. The summed E-state index contributed by atoms with van der Waals surface area (Å²) in [7, 11) is 0. The van der Waals surface area contributed by atoms with Crippen molar-refractivity contribution in [1.82, 2.24) is 5.32 Å². The van der Waals surface area contributed by atoms with Gasteiger partial charge >= 0.3 is 0 Å². The van der Waals surface area contributed by atoms with Gasteiger partial charge in [-0.3, -0.25) is 0 Å². The van der Waals surface area contributed by atoms with E-state index in [1.54, 1.807) is 19.1 Å². The van der Waals surface area contributed by atoms with Gasteiger partial charge in [-0.25, -0.2) is 4.39 Å². The Labute approximate surface area is 170 Å². The Morgan fingerprint density at radius 1 is 0.929 bits per heavy atom. The molecule has 0 radical (unpaired) electrons. The highest BCUT2D eigenvalue weighted by atomic mass is 32.1. The van der Waals surface area contributed by atoms with E-state index < -0.39 is 0 Å². The minimum Gasteiger partial charge on any atom is -0.372 e. The van der Waals surface area contributed by atoms with Crippen molar-refractivity contribution < 1.29 is 9.13 Å². The molecular weight excluding hydrogens is 371 g/mol. The van der Waals surface area contributed by atoms with Gasteiger partial charge in [-0.1, -0.05) is 60.7 Å². The van der Waals surface area contributed by atoms with Crippen LogP contribution in [0.3, 0.4) is 0 Å². The lowest BCUT2D eigenvalue weighted by Gasteiger charge is -2.14. The first-order valence-electron chi connectivity index (χ1n) is 9.11. The van der Waals surface area contributed by atoms with Crippen LogP contribution >= 0.6 is 12.2 Å². The molecule has 3 nitrogen and oxygen atoms in total. The van der Waals surface area contributed by atoms with Gasteiger partial charge in [0.05, 0.1) is 13.2 Å². The zero-order chi connectivity index (χ0) is 19.8. The van der Waals surface area contributed by atoms with E-state index >= 15 is 0 Å². The second-order valence-corrected chi connectivity index (χ2v) is 6.93. The van der Waals surface area contributed by atoms with Gasteiger partial charge in [0.15, 0.2) is 5.11 Å². The zero-order valence-electron chi connectivity index (χ0n) is 15.7. The van der Waals surface area contributed by atoms with Crippen LogP contribution in [0, 0.1) is 12.7 Å². The zero-order valence-corrected chi connectivity index (χ0v) is 16.6. The first-order chi connectivity index (χ1) is 13.6. The van der Waals surface area contributed by atoms with E-state index in [1.165, 1.54) is 6.07 Å². The van der Waals surface area contributed by atoms with Crippen LogP contribution in [0.4, 0.5) is 10.1 Å². The van der Waals surface area contributed by atoms with Crippen LogP contribution in [-0.2, 0) is 24.5 Å². The molecule has 0 aliphatic heterocycles. The van der Waals surface area contributed by atoms with Gasteiger partial charge < -0.3 is 15.4 Å². The molecule has 2 N–H and O–H groups in total. The van der Waals surface area contributed by atoms with Crippen LogP contribution in [0.1, 0.15) is 22.3 Å². The highest BCUT2D eigenvalue weighted by Gasteiger charge is 2.05. The Kier molecular flexibility index (Phi) is 7.12. The number of halogens is 1. The average Bonchev–Trinajstić information content (AvgIpc) is 2.71. The van der Waals surface area contributed by atoms with E-state index in [9.17, 15) is 4.39 Å². The fourth-order valence-electron chi connectivity index (χ4n) is 2.75. The lowest BCUT2D eigenvalue weighted by molar-refractivity contribution is 0.106. The molecule has 5 heteroatoms. The third-order valence-corrected chi connectivity index (χ3v) is 4.60. The van der Waals surface area contributed by atoms with Gasteiger partial charge in [0, 0.05) is 12.2 Å². The summed E-state index contributed by atoms with van der Waals surface area (Å²) in [5.41, 5.74) is 4.59. The molecule has 0 heterocycles. The largest absolute Gasteiger partial charge is 0.372 e. The normalized spacial score (nSPS) is 10.5. The van der Waals surface area contributed by atoms with Crippen molar-refractivity contribution in [3.05, 3.63) is 101 Å². The molecule has 0 bridgehead atoms. The number of hydrogen-bond acceptors (Lipinski definition) is 2. The Morgan fingerprint density at radius 3 is 2.39 bits per heavy atom. The minimum absolute atomic E-state index is 0.256. The summed E-state index contributed by atoms with van der Waals surface area (Å²) in [5, 5.41) is 6.63. The fraction of sp³-hybridized carbons (Fsp3) is 0.174. The van der Waals surface area contributed by atoms with Crippen molar-refractivity contribution in [2.75, 3.05) is 5.32 Å². The van der Waals surface area contributed by atoms with E-state index in [1.807, 2.05) is 54.6 Å². The van der Waals surface area contributed by atoms with Gasteiger partial charge in [0.1, 0.15) is 5.82 Å². The number of aryl methyl sites for hydroxylation is 1. The molecule has 0 fully saturated rings. The summed E-state index contributed by atoms with van der Waals surface area (Å²) in [6.07, 6.45) is 0. The molecule has 0 saturated heterocycles. The standard InChI is InChI=1S/C23H23FN2OS/c1-17-11-12-21(13-22(17)24)26-23(28)25-14-19-9-5-6-10-20(19)16-27-15-18-7-3-2-4-8-18/h2-13H,14-16H2,1H3,(H2,25,26,28). The predicted octanol–water partition coefficient (Wildman–Crippen LogP) is 5.34. The number of thiocarbonyl (C=S) groups is 1. The first-order valence-corrected chi connectivity index (χ1v) is 9.52. The molecule has 144 valence electrons. The van der Waals surface area contributed by atoms with Gasteiger partial charge in [0.25, 0.3) is 0 Å². The predicted molar refractivity (Wildman–Crippen MR) is 116 cm³/mol. The molecule has 0 aromatic heterocycles. The number of benzene rings is 3. The topological polar surface area (TPSA) is 33.3 Å². The van der Waals surface area contributed by atoms with Crippen LogP contribution < -0.4 is 10.6 Å². The minimum atomic E-state index is -0.256. The quantitative estimate of drug-likeness (QED) is 0.530. The molecule has 0 atom stereocenters. The highest BCUT2D eigenvalue weighted by molar-refractivity contribution is 7.80. The molecule has 0 aliphatic rings. The van der Waals surface area contributed by atoms with Crippen molar-refractivity contribution >= 4 is 23.0 Å². The van der Waals surface area contributed by atoms with Crippen molar-refractivity contribution in [3.8, 4) is 0 Å². The second kappa shape index (κ2) is 9.97. The van der Waals surface area contributed by atoms with Crippen LogP contribution in [-0.4, -0.2) is 5.11 Å². The summed E-state index contributed by atoms with van der Waals surface area (Å²) in [4.78, 5) is 0. The maximum absolute atomic E-state index is 13.7. The molecule has 28 heavy (non-hydrogen) atoms. The van der Waals surface area contributed by atoms with E-state index in [0.29, 0.717) is 36.1 Å². The number of ether oxygens (including phenoxy) is 1. The third-order valence-electron chi connectivity index (χ3n) is 4.36. The van der Waals surface area contributed by atoms with Gasteiger partial charge in [-0.2, -0.15) is 0 Å². The molecular formula is C23H23FN2OS. The third kappa shape index (κ3) is 5.87. The summed E-state index contributed by atoms with van der Waals surface area (Å²) in [6.45, 7) is 3.38. The van der Waals surface area contributed by atoms with Gasteiger partial charge in [0.2, 0.25) is 0 Å². The van der Waals surface area contributed by atoms with Crippen molar-refractivity contribution in [2.24, 2.45) is 0 Å². The number of nitrogens with one attached hydrogen (secondary N) is 2. The monoisotopic (exact) mass is 394 g/mol. The lowest BCUT2D eigenvalue weighted by atomic mass is 10.1. The molecule has 0 saturated carbocycles. The van der Waals surface area contributed by atoms with Crippen LogP contribution in [0.5, 0.6) is 0 Å². The van der Waals surface area contributed by atoms with Crippen molar-refractivity contribution in [3.63, 3.8) is 0 Å². The van der Waals surface area contributed by atoms with E-state index in [-0.39, 0.29) is 5.82 Å². The van der Waals surface area contributed by atoms with E-state index in [4.69, 9.17) is 17.0 Å².